The van der Waals surface area contributed by atoms with E-state index in [9.17, 15) is 4.39 Å². The van der Waals surface area contributed by atoms with E-state index in [0.717, 1.165) is 24.2 Å². The number of rotatable bonds is 4. The van der Waals surface area contributed by atoms with Gasteiger partial charge in [-0.15, -0.1) is 0 Å². The second-order valence-corrected chi connectivity index (χ2v) is 6.31. The third-order valence-electron chi connectivity index (χ3n) is 4.81. The first-order valence-corrected chi connectivity index (χ1v) is 8.37. The Hall–Kier alpha value is -2.13. The van der Waals surface area contributed by atoms with Gasteiger partial charge in [-0.3, -0.25) is 0 Å². The van der Waals surface area contributed by atoms with Crippen molar-refractivity contribution in [1.82, 2.24) is 9.47 Å². The van der Waals surface area contributed by atoms with Crippen molar-refractivity contribution >= 4 is 10.9 Å². The molecule has 0 N–H and O–H groups in total. The van der Waals surface area contributed by atoms with Gasteiger partial charge >= 0.3 is 0 Å². The van der Waals surface area contributed by atoms with E-state index in [1.54, 1.807) is 12.1 Å². The van der Waals surface area contributed by atoms with Gasteiger partial charge in [-0.1, -0.05) is 24.3 Å². The fourth-order valence-corrected chi connectivity index (χ4v) is 3.58. The molecule has 0 radical (unpaired) electrons. The molecular formula is C20H21FN2. The molecule has 3 heteroatoms. The molecule has 1 aromatic heterocycles. The summed E-state index contributed by atoms with van der Waals surface area (Å²) in [6, 6.07) is 15.3. The number of hydrogen-bond acceptors (Lipinski definition) is 1. The molecule has 1 fully saturated rings. The Labute approximate surface area is 136 Å². The number of benzene rings is 2. The van der Waals surface area contributed by atoms with Crippen molar-refractivity contribution < 1.29 is 4.39 Å². The normalized spacial score (nSPS) is 15.5. The van der Waals surface area contributed by atoms with Crippen LogP contribution in [0, 0.1) is 5.82 Å². The van der Waals surface area contributed by atoms with Crippen LogP contribution in [0.5, 0.6) is 0 Å². The Morgan fingerprint density at radius 1 is 0.913 bits per heavy atom. The molecular weight excluding hydrogens is 287 g/mol. The van der Waals surface area contributed by atoms with Crippen molar-refractivity contribution in [2.24, 2.45) is 0 Å². The lowest BCUT2D eigenvalue weighted by Crippen LogP contribution is -2.23. The SMILES string of the molecule is Fc1cccc(-c2cccc3c2ccn3CCN2CCCC2)c1. The van der Waals surface area contributed by atoms with Crippen LogP contribution in [0.4, 0.5) is 4.39 Å². The number of nitrogens with zero attached hydrogens (tertiary/aromatic N) is 2. The molecule has 1 aliphatic heterocycles. The van der Waals surface area contributed by atoms with E-state index in [0.29, 0.717) is 0 Å². The van der Waals surface area contributed by atoms with Crippen LogP contribution in [0.25, 0.3) is 22.0 Å². The average Bonchev–Trinajstić information content (AvgIpc) is 3.22. The molecule has 1 aliphatic rings. The van der Waals surface area contributed by atoms with E-state index in [1.165, 1.54) is 42.9 Å². The summed E-state index contributed by atoms with van der Waals surface area (Å²) in [4.78, 5) is 2.53. The zero-order valence-electron chi connectivity index (χ0n) is 13.2. The van der Waals surface area contributed by atoms with Gasteiger partial charge in [-0.25, -0.2) is 4.39 Å². The molecule has 3 aromatic rings. The zero-order chi connectivity index (χ0) is 15.6. The third kappa shape index (κ3) is 2.89. The molecule has 0 saturated carbocycles. The van der Waals surface area contributed by atoms with Gasteiger partial charge in [-0.2, -0.15) is 0 Å². The highest BCUT2D eigenvalue weighted by molar-refractivity contribution is 5.95. The summed E-state index contributed by atoms with van der Waals surface area (Å²) in [5, 5.41) is 1.19. The predicted octanol–water partition coefficient (Wildman–Crippen LogP) is 4.54. The smallest absolute Gasteiger partial charge is 0.123 e. The third-order valence-corrected chi connectivity index (χ3v) is 4.81. The molecule has 118 valence electrons. The Kier molecular flexibility index (Phi) is 3.88. The van der Waals surface area contributed by atoms with Gasteiger partial charge in [0.05, 0.1) is 0 Å². The highest BCUT2D eigenvalue weighted by Gasteiger charge is 2.12. The van der Waals surface area contributed by atoms with Gasteiger partial charge in [0, 0.05) is 30.2 Å². The van der Waals surface area contributed by atoms with E-state index in [4.69, 9.17) is 0 Å². The van der Waals surface area contributed by atoms with Crippen LogP contribution in [0.2, 0.25) is 0 Å². The predicted molar refractivity (Wildman–Crippen MR) is 93.0 cm³/mol. The monoisotopic (exact) mass is 308 g/mol. The van der Waals surface area contributed by atoms with Gasteiger partial charge in [0.15, 0.2) is 0 Å². The minimum absolute atomic E-state index is 0.187. The molecule has 4 rings (SSSR count). The number of hydrogen-bond donors (Lipinski definition) is 0. The zero-order valence-corrected chi connectivity index (χ0v) is 13.2. The molecule has 0 spiro atoms. The van der Waals surface area contributed by atoms with E-state index >= 15 is 0 Å². The Bertz CT molecular complexity index is 815. The standard InChI is InChI=1S/C20H21FN2/c21-17-6-3-5-16(15-17)18-7-4-8-20-19(18)9-12-23(20)14-13-22-10-1-2-11-22/h3-9,12,15H,1-2,10-11,13-14H2. The Morgan fingerprint density at radius 2 is 1.74 bits per heavy atom. The lowest BCUT2D eigenvalue weighted by atomic mass is 10.0. The summed E-state index contributed by atoms with van der Waals surface area (Å²) in [6.45, 7) is 4.57. The molecule has 2 nitrogen and oxygen atoms in total. The van der Waals surface area contributed by atoms with E-state index in [-0.39, 0.29) is 5.82 Å². The van der Waals surface area contributed by atoms with Crippen LogP contribution in [-0.4, -0.2) is 29.1 Å². The summed E-state index contributed by atoms with van der Waals surface area (Å²) in [5.74, 6) is -0.187. The minimum atomic E-state index is -0.187. The number of likely N-dealkylation sites (tertiary alicyclic amines) is 1. The Morgan fingerprint density at radius 3 is 2.57 bits per heavy atom. The van der Waals surface area contributed by atoms with Gasteiger partial charge in [0.25, 0.3) is 0 Å². The lowest BCUT2D eigenvalue weighted by molar-refractivity contribution is 0.324. The van der Waals surface area contributed by atoms with Crippen molar-refractivity contribution in [3.05, 3.63) is 60.5 Å². The summed E-state index contributed by atoms with van der Waals surface area (Å²) >= 11 is 0. The highest BCUT2D eigenvalue weighted by Crippen LogP contribution is 2.29. The molecule has 0 bridgehead atoms. The summed E-state index contributed by atoms with van der Waals surface area (Å²) in [6.07, 6.45) is 4.82. The molecule has 0 unspecified atom stereocenters. The van der Waals surface area contributed by atoms with Gasteiger partial charge in [0.1, 0.15) is 5.82 Å². The highest BCUT2D eigenvalue weighted by atomic mass is 19.1. The first-order valence-electron chi connectivity index (χ1n) is 8.37. The molecule has 23 heavy (non-hydrogen) atoms. The minimum Gasteiger partial charge on any atom is -0.346 e. The maximum atomic E-state index is 13.5. The van der Waals surface area contributed by atoms with Crippen LogP contribution in [0.1, 0.15) is 12.8 Å². The molecule has 2 aromatic carbocycles. The van der Waals surface area contributed by atoms with Gasteiger partial charge in [-0.05, 0) is 61.3 Å². The fourth-order valence-electron chi connectivity index (χ4n) is 3.58. The second-order valence-electron chi connectivity index (χ2n) is 6.31. The molecule has 0 amide bonds. The quantitative estimate of drug-likeness (QED) is 0.687. The second kappa shape index (κ2) is 6.17. The fraction of sp³-hybridized carbons (Fsp3) is 0.300. The molecule has 0 atom stereocenters. The summed E-state index contributed by atoms with van der Waals surface area (Å²) < 4.78 is 15.9. The maximum Gasteiger partial charge on any atom is 0.123 e. The summed E-state index contributed by atoms with van der Waals surface area (Å²) in [5.41, 5.74) is 3.26. The number of fused-ring (bicyclic) bond motifs is 1. The molecule has 2 heterocycles. The number of aromatic nitrogens is 1. The van der Waals surface area contributed by atoms with Gasteiger partial charge < -0.3 is 9.47 Å². The van der Waals surface area contributed by atoms with E-state index < -0.39 is 0 Å². The van der Waals surface area contributed by atoms with Crippen molar-refractivity contribution in [1.29, 1.82) is 0 Å². The largest absolute Gasteiger partial charge is 0.346 e. The van der Waals surface area contributed by atoms with E-state index in [1.807, 2.05) is 6.07 Å². The molecule has 1 saturated heterocycles. The van der Waals surface area contributed by atoms with Crippen LogP contribution in [0.3, 0.4) is 0 Å². The average molecular weight is 308 g/mol. The van der Waals surface area contributed by atoms with Crippen LogP contribution < -0.4 is 0 Å². The lowest BCUT2D eigenvalue weighted by Gasteiger charge is -2.15. The van der Waals surface area contributed by atoms with Gasteiger partial charge in [0.2, 0.25) is 0 Å². The van der Waals surface area contributed by atoms with Crippen molar-refractivity contribution in [3.63, 3.8) is 0 Å². The van der Waals surface area contributed by atoms with E-state index in [2.05, 4.69) is 39.9 Å². The first-order chi connectivity index (χ1) is 11.3. The first kappa shape index (κ1) is 14.5. The summed E-state index contributed by atoms with van der Waals surface area (Å²) in [7, 11) is 0. The van der Waals surface area contributed by atoms with Crippen molar-refractivity contribution in [2.45, 2.75) is 19.4 Å². The topological polar surface area (TPSA) is 8.17 Å². The van der Waals surface area contributed by atoms with Crippen LogP contribution in [0.15, 0.2) is 54.7 Å². The molecule has 0 aliphatic carbocycles. The van der Waals surface area contributed by atoms with Crippen LogP contribution >= 0.6 is 0 Å². The Balaban J connectivity index is 1.66. The maximum absolute atomic E-state index is 13.5. The number of halogens is 1. The van der Waals surface area contributed by atoms with Crippen LogP contribution in [-0.2, 0) is 6.54 Å². The van der Waals surface area contributed by atoms with Crippen molar-refractivity contribution in [2.75, 3.05) is 19.6 Å². The van der Waals surface area contributed by atoms with Crippen molar-refractivity contribution in [3.8, 4) is 11.1 Å².